The third-order valence-electron chi connectivity index (χ3n) is 7.28. The Kier molecular flexibility index (Phi) is 8.27. The lowest BCUT2D eigenvalue weighted by atomic mass is 9.84. The molecule has 4 rings (SSSR count). The number of urea groups is 1. The van der Waals surface area contributed by atoms with E-state index < -0.39 is 10.0 Å². The number of anilines is 1. The van der Waals surface area contributed by atoms with Crippen LogP contribution in [0.15, 0.2) is 53.4 Å². The Bertz CT molecular complexity index is 1050. The molecule has 0 radical (unpaired) electrons. The quantitative estimate of drug-likeness (QED) is 0.534. The molecule has 2 aromatic rings. The SMILES string of the molecule is Cc1cccc(NC(=O)N2CCC(CCNS(=O)(=O)c3ccc(C4CCCCC4)cc3)CC2)c1. The van der Waals surface area contributed by atoms with Crippen molar-refractivity contribution >= 4 is 21.7 Å². The summed E-state index contributed by atoms with van der Waals surface area (Å²) in [5.74, 6) is 0.989. The van der Waals surface area contributed by atoms with Gasteiger partial charge in [-0.25, -0.2) is 17.9 Å². The van der Waals surface area contributed by atoms with Crippen molar-refractivity contribution in [3.05, 3.63) is 59.7 Å². The minimum absolute atomic E-state index is 0.0681. The largest absolute Gasteiger partial charge is 0.325 e. The Labute approximate surface area is 204 Å². The Morgan fingerprint density at radius 1 is 0.971 bits per heavy atom. The van der Waals surface area contributed by atoms with Crippen LogP contribution in [0.25, 0.3) is 0 Å². The van der Waals surface area contributed by atoms with Gasteiger partial charge in [0, 0.05) is 25.3 Å². The van der Waals surface area contributed by atoms with Gasteiger partial charge >= 0.3 is 6.03 Å². The number of hydrogen-bond acceptors (Lipinski definition) is 3. The summed E-state index contributed by atoms with van der Waals surface area (Å²) >= 11 is 0. The number of sulfonamides is 1. The van der Waals surface area contributed by atoms with E-state index in [1.807, 2.05) is 48.2 Å². The second kappa shape index (κ2) is 11.4. The van der Waals surface area contributed by atoms with Gasteiger partial charge < -0.3 is 10.2 Å². The highest BCUT2D eigenvalue weighted by Gasteiger charge is 2.24. The van der Waals surface area contributed by atoms with Crippen LogP contribution in [-0.4, -0.2) is 39.0 Å². The van der Waals surface area contributed by atoms with Crippen molar-refractivity contribution in [1.82, 2.24) is 9.62 Å². The molecular formula is C27H37N3O3S. The van der Waals surface area contributed by atoms with Crippen molar-refractivity contribution in [2.45, 2.75) is 69.1 Å². The number of aryl methyl sites for hydroxylation is 1. The Hall–Kier alpha value is -2.38. The van der Waals surface area contributed by atoms with E-state index in [4.69, 9.17) is 0 Å². The average Bonchev–Trinajstić information content (AvgIpc) is 2.85. The van der Waals surface area contributed by atoms with Crippen LogP contribution in [0, 0.1) is 12.8 Å². The fraction of sp³-hybridized carbons (Fsp3) is 0.519. The molecule has 184 valence electrons. The summed E-state index contributed by atoms with van der Waals surface area (Å²) in [6.07, 6.45) is 8.82. The fourth-order valence-electron chi connectivity index (χ4n) is 5.19. The fourth-order valence-corrected chi connectivity index (χ4v) is 6.23. The lowest BCUT2D eigenvalue weighted by Gasteiger charge is -2.32. The number of carbonyl (C=O) groups is 1. The molecule has 0 aromatic heterocycles. The van der Waals surface area contributed by atoms with Gasteiger partial charge in [-0.2, -0.15) is 0 Å². The van der Waals surface area contributed by atoms with Gasteiger partial charge in [-0.1, -0.05) is 43.5 Å². The van der Waals surface area contributed by atoms with Gasteiger partial charge in [-0.05, 0) is 86.3 Å². The summed E-state index contributed by atoms with van der Waals surface area (Å²) in [4.78, 5) is 14.7. The van der Waals surface area contributed by atoms with Crippen molar-refractivity contribution in [3.8, 4) is 0 Å². The topological polar surface area (TPSA) is 78.5 Å². The van der Waals surface area contributed by atoms with E-state index in [-0.39, 0.29) is 6.03 Å². The molecule has 1 saturated heterocycles. The van der Waals surface area contributed by atoms with E-state index in [0.717, 1.165) is 30.5 Å². The summed E-state index contributed by atoms with van der Waals surface area (Å²) in [6, 6.07) is 15.2. The Morgan fingerprint density at radius 3 is 2.35 bits per heavy atom. The average molecular weight is 484 g/mol. The predicted molar refractivity (Wildman–Crippen MR) is 137 cm³/mol. The normalized spacial score (nSPS) is 18.1. The van der Waals surface area contributed by atoms with E-state index >= 15 is 0 Å². The second-order valence-corrected chi connectivity index (χ2v) is 11.6. The molecule has 0 spiro atoms. The molecule has 1 saturated carbocycles. The number of amides is 2. The van der Waals surface area contributed by atoms with Crippen molar-refractivity contribution in [3.63, 3.8) is 0 Å². The molecule has 2 N–H and O–H groups in total. The molecule has 0 atom stereocenters. The van der Waals surface area contributed by atoms with Crippen LogP contribution in [0.1, 0.15) is 68.4 Å². The lowest BCUT2D eigenvalue weighted by molar-refractivity contribution is 0.180. The zero-order valence-corrected chi connectivity index (χ0v) is 20.9. The van der Waals surface area contributed by atoms with Gasteiger partial charge in [0.1, 0.15) is 0 Å². The predicted octanol–water partition coefficient (Wildman–Crippen LogP) is 5.66. The maximum atomic E-state index is 12.7. The van der Waals surface area contributed by atoms with Crippen LogP contribution in [0.2, 0.25) is 0 Å². The molecule has 1 aliphatic carbocycles. The van der Waals surface area contributed by atoms with Gasteiger partial charge in [0.25, 0.3) is 0 Å². The first-order valence-corrected chi connectivity index (χ1v) is 14.1. The first-order valence-electron chi connectivity index (χ1n) is 12.6. The van der Waals surface area contributed by atoms with Gasteiger partial charge in [-0.3, -0.25) is 0 Å². The molecule has 2 aliphatic rings. The molecule has 6 nitrogen and oxygen atoms in total. The summed E-state index contributed by atoms with van der Waals surface area (Å²) in [5.41, 5.74) is 3.18. The zero-order chi connectivity index (χ0) is 24.0. The third kappa shape index (κ3) is 6.60. The lowest BCUT2D eigenvalue weighted by Crippen LogP contribution is -2.41. The van der Waals surface area contributed by atoms with Crippen molar-refractivity contribution in [2.24, 2.45) is 5.92 Å². The number of hydrogen-bond donors (Lipinski definition) is 2. The smallest absolute Gasteiger partial charge is 0.321 e. The summed E-state index contributed by atoms with van der Waals surface area (Å²) < 4.78 is 28.2. The zero-order valence-electron chi connectivity index (χ0n) is 20.1. The van der Waals surface area contributed by atoms with E-state index in [1.54, 1.807) is 12.1 Å². The van der Waals surface area contributed by atoms with Gasteiger partial charge in [0.2, 0.25) is 10.0 Å². The van der Waals surface area contributed by atoms with E-state index in [2.05, 4.69) is 10.0 Å². The van der Waals surface area contributed by atoms with Crippen LogP contribution in [0.3, 0.4) is 0 Å². The summed E-state index contributed by atoms with van der Waals surface area (Å²) in [6.45, 7) is 3.81. The minimum atomic E-state index is -3.50. The summed E-state index contributed by atoms with van der Waals surface area (Å²) in [5, 5.41) is 2.97. The highest BCUT2D eigenvalue weighted by Crippen LogP contribution is 2.33. The maximum Gasteiger partial charge on any atom is 0.321 e. The molecule has 7 heteroatoms. The molecule has 2 fully saturated rings. The molecular weight excluding hydrogens is 446 g/mol. The molecule has 2 amide bonds. The van der Waals surface area contributed by atoms with E-state index in [0.29, 0.717) is 36.4 Å². The van der Waals surface area contributed by atoms with Crippen molar-refractivity contribution in [2.75, 3.05) is 25.0 Å². The van der Waals surface area contributed by atoms with Gasteiger partial charge in [-0.15, -0.1) is 0 Å². The van der Waals surface area contributed by atoms with Crippen molar-refractivity contribution < 1.29 is 13.2 Å². The van der Waals surface area contributed by atoms with E-state index in [1.165, 1.54) is 37.7 Å². The standard InChI is InChI=1S/C27H37N3O3S/c1-21-6-5-9-25(20-21)29-27(31)30-18-15-22(16-19-30)14-17-28-34(32,33)26-12-10-24(11-13-26)23-7-3-2-4-8-23/h5-6,9-13,20,22-23,28H,2-4,7-8,14-19H2,1H3,(H,29,31). The molecule has 1 aliphatic heterocycles. The number of piperidine rings is 1. The third-order valence-corrected chi connectivity index (χ3v) is 8.76. The van der Waals surface area contributed by atoms with E-state index in [9.17, 15) is 13.2 Å². The molecule has 0 bridgehead atoms. The summed E-state index contributed by atoms with van der Waals surface area (Å²) in [7, 11) is -3.50. The second-order valence-electron chi connectivity index (χ2n) is 9.82. The molecule has 0 unspecified atom stereocenters. The Morgan fingerprint density at radius 2 is 1.68 bits per heavy atom. The van der Waals surface area contributed by atoms with Crippen molar-refractivity contribution in [1.29, 1.82) is 0 Å². The van der Waals surface area contributed by atoms with Crippen LogP contribution < -0.4 is 10.0 Å². The van der Waals surface area contributed by atoms with Crippen LogP contribution in [-0.2, 0) is 10.0 Å². The van der Waals surface area contributed by atoms with Crippen LogP contribution in [0.5, 0.6) is 0 Å². The molecule has 2 aromatic carbocycles. The highest BCUT2D eigenvalue weighted by atomic mass is 32.2. The minimum Gasteiger partial charge on any atom is -0.325 e. The molecule has 34 heavy (non-hydrogen) atoms. The first kappa shape index (κ1) is 24.7. The van der Waals surface area contributed by atoms with Gasteiger partial charge in [0.15, 0.2) is 0 Å². The number of nitrogens with zero attached hydrogens (tertiary/aromatic N) is 1. The monoisotopic (exact) mass is 483 g/mol. The van der Waals surface area contributed by atoms with Crippen LogP contribution >= 0.6 is 0 Å². The number of likely N-dealkylation sites (tertiary alicyclic amines) is 1. The van der Waals surface area contributed by atoms with Gasteiger partial charge in [0.05, 0.1) is 4.90 Å². The Balaban J connectivity index is 1.20. The highest BCUT2D eigenvalue weighted by molar-refractivity contribution is 7.89. The maximum absolute atomic E-state index is 12.7. The number of nitrogens with one attached hydrogen (secondary N) is 2. The van der Waals surface area contributed by atoms with Crippen LogP contribution in [0.4, 0.5) is 10.5 Å². The number of benzene rings is 2. The number of rotatable bonds is 7. The molecule has 1 heterocycles. The first-order chi connectivity index (χ1) is 16.4. The number of carbonyl (C=O) groups excluding carboxylic acids is 1.